The molecule has 4 nitrogen and oxygen atoms in total. The van der Waals surface area contributed by atoms with Gasteiger partial charge in [0.25, 0.3) is 0 Å². The fraction of sp³-hybridized carbons (Fsp3) is 0.222. The van der Waals surface area contributed by atoms with E-state index in [9.17, 15) is 4.39 Å². The second-order valence-electron chi connectivity index (χ2n) is 8.27. The number of benzene rings is 2. The first-order chi connectivity index (χ1) is 15.7. The average Bonchev–Trinajstić information content (AvgIpc) is 3.17. The molecule has 0 bridgehead atoms. The Labute approximate surface area is 188 Å². The number of piperazine rings is 1. The largest absolute Gasteiger partial charge is 0.369 e. The first-order valence-corrected chi connectivity index (χ1v) is 11.1. The summed E-state index contributed by atoms with van der Waals surface area (Å²) in [6, 6.07) is 25.7. The van der Waals surface area contributed by atoms with E-state index in [1.54, 1.807) is 0 Å². The highest BCUT2D eigenvalue weighted by atomic mass is 19.1. The minimum Gasteiger partial charge on any atom is -0.369 e. The molecule has 1 saturated heterocycles. The summed E-state index contributed by atoms with van der Waals surface area (Å²) >= 11 is 0. The lowest BCUT2D eigenvalue weighted by Gasteiger charge is -2.36. The number of hydrogen-bond donors (Lipinski definition) is 0. The van der Waals surface area contributed by atoms with Crippen LogP contribution < -0.4 is 4.90 Å². The maximum Gasteiger partial charge on any atom is 0.137 e. The van der Waals surface area contributed by atoms with Gasteiger partial charge in [-0.3, -0.25) is 9.47 Å². The van der Waals surface area contributed by atoms with Crippen molar-refractivity contribution in [2.75, 3.05) is 31.1 Å². The van der Waals surface area contributed by atoms with Gasteiger partial charge in [-0.1, -0.05) is 36.4 Å². The normalized spacial score (nSPS) is 14.6. The number of rotatable bonds is 5. The smallest absolute Gasteiger partial charge is 0.137 e. The minimum atomic E-state index is -0.186. The summed E-state index contributed by atoms with van der Waals surface area (Å²) in [4.78, 5) is 9.45. The Morgan fingerprint density at radius 3 is 2.25 bits per heavy atom. The molecule has 5 rings (SSSR count). The Balaban J connectivity index is 1.38. The molecule has 4 aromatic rings. The minimum absolute atomic E-state index is 0.186. The molecule has 32 heavy (non-hydrogen) atoms. The van der Waals surface area contributed by atoms with Gasteiger partial charge in [0, 0.05) is 50.3 Å². The summed E-state index contributed by atoms with van der Waals surface area (Å²) in [7, 11) is 0. The van der Waals surface area contributed by atoms with Gasteiger partial charge in [0.2, 0.25) is 0 Å². The molecule has 2 aromatic heterocycles. The van der Waals surface area contributed by atoms with Gasteiger partial charge in [-0.15, -0.1) is 0 Å². The van der Waals surface area contributed by atoms with Crippen LogP contribution in [0.5, 0.6) is 0 Å². The second kappa shape index (κ2) is 8.97. The SMILES string of the molecule is Cc1c(CN2CCN(c3ccc(F)cc3)CC2)cc(-c2ccccc2)n1-c1ccccn1. The van der Waals surface area contributed by atoms with Crippen LogP contribution in [-0.2, 0) is 6.54 Å². The number of halogens is 1. The molecule has 1 fully saturated rings. The molecular formula is C27H27FN4. The molecule has 0 radical (unpaired) electrons. The van der Waals surface area contributed by atoms with E-state index in [0.29, 0.717) is 0 Å². The Hall–Kier alpha value is -3.44. The maximum atomic E-state index is 13.2. The van der Waals surface area contributed by atoms with Crippen molar-refractivity contribution in [3.63, 3.8) is 0 Å². The lowest BCUT2D eigenvalue weighted by molar-refractivity contribution is 0.249. The van der Waals surface area contributed by atoms with Crippen LogP contribution in [0, 0.1) is 12.7 Å². The summed E-state index contributed by atoms with van der Waals surface area (Å²) in [5.74, 6) is 0.755. The molecule has 2 aromatic carbocycles. The third kappa shape index (κ3) is 4.16. The van der Waals surface area contributed by atoms with Crippen molar-refractivity contribution in [1.29, 1.82) is 0 Å². The Morgan fingerprint density at radius 2 is 1.56 bits per heavy atom. The fourth-order valence-corrected chi connectivity index (χ4v) is 4.48. The van der Waals surface area contributed by atoms with Crippen molar-refractivity contribution in [2.24, 2.45) is 0 Å². The molecule has 162 valence electrons. The number of anilines is 1. The van der Waals surface area contributed by atoms with Gasteiger partial charge in [-0.2, -0.15) is 0 Å². The van der Waals surface area contributed by atoms with Crippen LogP contribution in [0.25, 0.3) is 17.1 Å². The second-order valence-corrected chi connectivity index (χ2v) is 8.27. The summed E-state index contributed by atoms with van der Waals surface area (Å²) < 4.78 is 15.5. The monoisotopic (exact) mass is 426 g/mol. The topological polar surface area (TPSA) is 24.3 Å². The van der Waals surface area contributed by atoms with Gasteiger partial charge < -0.3 is 4.90 Å². The number of aromatic nitrogens is 2. The van der Waals surface area contributed by atoms with Gasteiger partial charge in [0.1, 0.15) is 11.6 Å². The molecule has 1 aliphatic rings. The van der Waals surface area contributed by atoms with Crippen LogP contribution in [-0.4, -0.2) is 40.6 Å². The number of hydrogen-bond acceptors (Lipinski definition) is 3. The van der Waals surface area contributed by atoms with E-state index in [4.69, 9.17) is 0 Å². The van der Waals surface area contributed by atoms with Gasteiger partial charge in [-0.25, -0.2) is 9.37 Å². The summed E-state index contributed by atoms with van der Waals surface area (Å²) in [5, 5.41) is 0. The highest BCUT2D eigenvalue weighted by Gasteiger charge is 2.21. The van der Waals surface area contributed by atoms with Gasteiger partial charge in [0.05, 0.1) is 5.69 Å². The summed E-state index contributed by atoms with van der Waals surface area (Å²) in [6.07, 6.45) is 1.85. The van der Waals surface area contributed by atoms with Crippen LogP contribution in [0.4, 0.5) is 10.1 Å². The maximum absolute atomic E-state index is 13.2. The van der Waals surface area contributed by atoms with Crippen LogP contribution in [0.3, 0.4) is 0 Å². The molecule has 0 unspecified atom stereocenters. The third-order valence-electron chi connectivity index (χ3n) is 6.26. The zero-order chi connectivity index (χ0) is 21.9. The quantitative estimate of drug-likeness (QED) is 0.432. The molecule has 1 aliphatic heterocycles. The van der Waals surface area contributed by atoms with Crippen molar-refractivity contribution in [1.82, 2.24) is 14.5 Å². The van der Waals surface area contributed by atoms with E-state index in [0.717, 1.165) is 44.2 Å². The Kier molecular flexibility index (Phi) is 5.73. The zero-order valence-electron chi connectivity index (χ0n) is 18.3. The third-order valence-corrected chi connectivity index (χ3v) is 6.26. The van der Waals surface area contributed by atoms with E-state index in [1.807, 2.05) is 36.5 Å². The van der Waals surface area contributed by atoms with E-state index in [-0.39, 0.29) is 5.82 Å². The van der Waals surface area contributed by atoms with E-state index < -0.39 is 0 Å². The molecule has 0 atom stereocenters. The van der Waals surface area contributed by atoms with E-state index >= 15 is 0 Å². The lowest BCUT2D eigenvalue weighted by Crippen LogP contribution is -2.46. The molecule has 3 heterocycles. The first-order valence-electron chi connectivity index (χ1n) is 11.1. The Bertz CT molecular complexity index is 1160. The van der Waals surface area contributed by atoms with Crippen molar-refractivity contribution in [2.45, 2.75) is 13.5 Å². The van der Waals surface area contributed by atoms with Gasteiger partial charge in [-0.05, 0) is 60.5 Å². The van der Waals surface area contributed by atoms with Crippen molar-refractivity contribution < 1.29 is 4.39 Å². The molecule has 0 amide bonds. The van der Waals surface area contributed by atoms with Crippen LogP contribution in [0.1, 0.15) is 11.3 Å². The lowest BCUT2D eigenvalue weighted by atomic mass is 10.1. The van der Waals surface area contributed by atoms with Crippen molar-refractivity contribution >= 4 is 5.69 Å². The first kappa shape index (κ1) is 20.5. The zero-order valence-corrected chi connectivity index (χ0v) is 18.3. The summed E-state index contributed by atoms with van der Waals surface area (Å²) in [5.41, 5.74) is 6.00. The number of pyridine rings is 1. The highest BCUT2D eigenvalue weighted by molar-refractivity contribution is 5.65. The fourth-order valence-electron chi connectivity index (χ4n) is 4.48. The molecule has 0 aliphatic carbocycles. The highest BCUT2D eigenvalue weighted by Crippen LogP contribution is 2.30. The standard InChI is InChI=1S/C27H27FN4/c1-21-23(20-30-15-17-31(18-16-30)25-12-10-24(28)11-13-25)19-26(22-7-3-2-4-8-22)32(21)27-9-5-6-14-29-27/h2-14,19H,15-18,20H2,1H3. The van der Waals surface area contributed by atoms with E-state index in [1.165, 1.54) is 34.6 Å². The van der Waals surface area contributed by atoms with Crippen LogP contribution in [0.2, 0.25) is 0 Å². The van der Waals surface area contributed by atoms with Gasteiger partial charge >= 0.3 is 0 Å². The average molecular weight is 427 g/mol. The van der Waals surface area contributed by atoms with Crippen molar-refractivity contribution in [3.05, 3.63) is 102 Å². The van der Waals surface area contributed by atoms with Gasteiger partial charge in [0.15, 0.2) is 0 Å². The predicted octanol–water partition coefficient (Wildman–Crippen LogP) is 5.31. The van der Waals surface area contributed by atoms with Crippen molar-refractivity contribution in [3.8, 4) is 17.1 Å². The summed E-state index contributed by atoms with van der Waals surface area (Å²) in [6.45, 7) is 6.93. The predicted molar refractivity (Wildman–Crippen MR) is 128 cm³/mol. The molecule has 5 heteroatoms. The number of nitrogens with zero attached hydrogens (tertiary/aromatic N) is 4. The van der Waals surface area contributed by atoms with Crippen LogP contribution in [0.15, 0.2) is 85.1 Å². The molecule has 0 saturated carbocycles. The Morgan fingerprint density at radius 1 is 0.844 bits per heavy atom. The van der Waals surface area contributed by atoms with Crippen LogP contribution >= 0.6 is 0 Å². The van der Waals surface area contributed by atoms with E-state index in [2.05, 4.69) is 62.7 Å². The molecular weight excluding hydrogens is 399 g/mol. The molecule has 0 spiro atoms. The molecule has 0 N–H and O–H groups in total.